The predicted octanol–water partition coefficient (Wildman–Crippen LogP) is 2.49. The van der Waals surface area contributed by atoms with Gasteiger partial charge in [-0.2, -0.15) is 0 Å². The van der Waals surface area contributed by atoms with Gasteiger partial charge in [0.2, 0.25) is 0 Å². The van der Waals surface area contributed by atoms with Crippen LogP contribution in [-0.4, -0.2) is 26.2 Å². The molecular formula is C14H22FN3O. The van der Waals surface area contributed by atoms with Gasteiger partial charge in [-0.3, -0.25) is 0 Å². The summed E-state index contributed by atoms with van der Waals surface area (Å²) in [5.41, 5.74) is 1.27. The summed E-state index contributed by atoms with van der Waals surface area (Å²) in [4.78, 5) is 13.2. The fourth-order valence-corrected chi connectivity index (χ4v) is 1.58. The zero-order valence-corrected chi connectivity index (χ0v) is 12.0. The van der Waals surface area contributed by atoms with Crippen molar-refractivity contribution in [1.29, 1.82) is 0 Å². The maximum atomic E-state index is 13.7. The van der Waals surface area contributed by atoms with Crippen LogP contribution < -0.4 is 15.5 Å². The second-order valence-electron chi connectivity index (χ2n) is 4.82. The van der Waals surface area contributed by atoms with Crippen molar-refractivity contribution in [1.82, 2.24) is 10.6 Å². The zero-order valence-electron chi connectivity index (χ0n) is 12.0. The maximum absolute atomic E-state index is 13.7. The third-order valence-electron chi connectivity index (χ3n) is 2.94. The van der Waals surface area contributed by atoms with Gasteiger partial charge in [0.15, 0.2) is 0 Å². The van der Waals surface area contributed by atoms with Gasteiger partial charge in [0.05, 0.1) is 5.69 Å². The minimum atomic E-state index is -0.286. The molecule has 0 aliphatic heterocycles. The van der Waals surface area contributed by atoms with E-state index in [0.29, 0.717) is 12.2 Å². The minimum absolute atomic E-state index is 0.132. The van der Waals surface area contributed by atoms with Crippen LogP contribution in [0.5, 0.6) is 0 Å². The Balaban J connectivity index is 2.54. The van der Waals surface area contributed by atoms with E-state index in [1.54, 1.807) is 25.1 Å². The monoisotopic (exact) mass is 267 g/mol. The standard InChI is InChI=1S/C14H22FN3O/c1-5-10(2)17-14(19)16-9-11-6-7-13(18(3)4)12(15)8-11/h6-8,10H,5,9H2,1-4H3,(H2,16,17,19). The Morgan fingerprint density at radius 1 is 1.42 bits per heavy atom. The summed E-state index contributed by atoms with van der Waals surface area (Å²) in [6.07, 6.45) is 0.875. The number of nitrogens with zero attached hydrogens (tertiary/aromatic N) is 1. The normalized spacial score (nSPS) is 11.8. The highest BCUT2D eigenvalue weighted by Gasteiger charge is 2.07. The molecule has 0 aromatic heterocycles. The first kappa shape index (κ1) is 15.3. The molecule has 4 nitrogen and oxygen atoms in total. The van der Waals surface area contributed by atoms with E-state index in [1.807, 2.05) is 19.9 Å². The highest BCUT2D eigenvalue weighted by molar-refractivity contribution is 5.74. The summed E-state index contributed by atoms with van der Waals surface area (Å²) in [6, 6.07) is 4.86. The van der Waals surface area contributed by atoms with E-state index >= 15 is 0 Å². The van der Waals surface area contributed by atoms with Crippen molar-refractivity contribution in [2.24, 2.45) is 0 Å². The number of halogens is 1. The molecule has 1 aromatic carbocycles. The molecule has 0 fully saturated rings. The van der Waals surface area contributed by atoms with Crippen LogP contribution in [0.3, 0.4) is 0 Å². The Labute approximate surface area is 114 Å². The van der Waals surface area contributed by atoms with E-state index in [-0.39, 0.29) is 17.9 Å². The van der Waals surface area contributed by atoms with Crippen LogP contribution in [-0.2, 0) is 6.54 Å². The van der Waals surface area contributed by atoms with E-state index in [4.69, 9.17) is 0 Å². The van der Waals surface area contributed by atoms with Gasteiger partial charge in [-0.25, -0.2) is 9.18 Å². The molecule has 0 radical (unpaired) electrons. The topological polar surface area (TPSA) is 44.4 Å². The van der Waals surface area contributed by atoms with Gasteiger partial charge < -0.3 is 15.5 Å². The molecule has 0 aliphatic carbocycles. The van der Waals surface area contributed by atoms with Crippen LogP contribution >= 0.6 is 0 Å². The Kier molecular flexibility index (Phi) is 5.60. The quantitative estimate of drug-likeness (QED) is 0.861. The Hall–Kier alpha value is -1.78. The molecule has 2 N–H and O–H groups in total. The van der Waals surface area contributed by atoms with Crippen molar-refractivity contribution in [3.63, 3.8) is 0 Å². The van der Waals surface area contributed by atoms with Gasteiger partial charge >= 0.3 is 6.03 Å². The minimum Gasteiger partial charge on any atom is -0.375 e. The number of hydrogen-bond acceptors (Lipinski definition) is 2. The summed E-state index contributed by atoms with van der Waals surface area (Å²) in [6.45, 7) is 4.25. The fourth-order valence-electron chi connectivity index (χ4n) is 1.58. The van der Waals surface area contributed by atoms with Crippen LogP contribution in [0.2, 0.25) is 0 Å². The summed E-state index contributed by atoms with van der Waals surface area (Å²) in [5.74, 6) is -0.286. The number of carbonyl (C=O) groups excluding carboxylic acids is 1. The molecule has 0 aliphatic rings. The van der Waals surface area contributed by atoms with Gasteiger partial charge in [-0.15, -0.1) is 0 Å². The first-order valence-corrected chi connectivity index (χ1v) is 6.44. The molecule has 1 atom stereocenters. The van der Waals surface area contributed by atoms with Crippen LogP contribution in [0.15, 0.2) is 18.2 Å². The van der Waals surface area contributed by atoms with E-state index in [0.717, 1.165) is 12.0 Å². The molecule has 0 saturated heterocycles. The third kappa shape index (κ3) is 4.77. The van der Waals surface area contributed by atoms with Crippen LogP contribution in [0.4, 0.5) is 14.9 Å². The van der Waals surface area contributed by atoms with Crippen molar-refractivity contribution >= 4 is 11.7 Å². The van der Waals surface area contributed by atoms with Crippen molar-refractivity contribution < 1.29 is 9.18 Å². The third-order valence-corrected chi connectivity index (χ3v) is 2.94. The number of urea groups is 1. The number of anilines is 1. The average molecular weight is 267 g/mol. The molecule has 1 rings (SSSR count). The van der Waals surface area contributed by atoms with Crippen molar-refractivity contribution in [2.45, 2.75) is 32.9 Å². The number of nitrogens with one attached hydrogen (secondary N) is 2. The van der Waals surface area contributed by atoms with Crippen LogP contribution in [0.25, 0.3) is 0 Å². The maximum Gasteiger partial charge on any atom is 0.315 e. The van der Waals surface area contributed by atoms with E-state index in [9.17, 15) is 9.18 Å². The SMILES string of the molecule is CCC(C)NC(=O)NCc1ccc(N(C)C)c(F)c1. The molecule has 0 saturated carbocycles. The zero-order chi connectivity index (χ0) is 14.4. The van der Waals surface area contributed by atoms with Crippen molar-refractivity contribution in [2.75, 3.05) is 19.0 Å². The first-order valence-electron chi connectivity index (χ1n) is 6.44. The number of benzene rings is 1. The summed E-state index contributed by atoms with van der Waals surface area (Å²) in [7, 11) is 3.58. The van der Waals surface area contributed by atoms with Crippen LogP contribution in [0, 0.1) is 5.82 Å². The van der Waals surface area contributed by atoms with Gasteiger partial charge in [-0.05, 0) is 31.0 Å². The lowest BCUT2D eigenvalue weighted by atomic mass is 10.2. The van der Waals surface area contributed by atoms with Crippen LogP contribution in [0.1, 0.15) is 25.8 Å². The largest absolute Gasteiger partial charge is 0.375 e. The van der Waals surface area contributed by atoms with E-state index in [2.05, 4.69) is 10.6 Å². The lowest BCUT2D eigenvalue weighted by molar-refractivity contribution is 0.237. The summed E-state index contributed by atoms with van der Waals surface area (Å²) >= 11 is 0. The first-order chi connectivity index (χ1) is 8.93. The Morgan fingerprint density at radius 3 is 2.63 bits per heavy atom. The summed E-state index contributed by atoms with van der Waals surface area (Å²) < 4.78 is 13.7. The Morgan fingerprint density at radius 2 is 2.11 bits per heavy atom. The number of rotatable bonds is 5. The molecule has 106 valence electrons. The van der Waals surface area contributed by atoms with Gasteiger partial charge in [0.25, 0.3) is 0 Å². The second-order valence-corrected chi connectivity index (χ2v) is 4.82. The van der Waals surface area contributed by atoms with Crippen molar-refractivity contribution in [3.8, 4) is 0 Å². The molecule has 5 heteroatoms. The number of amides is 2. The van der Waals surface area contributed by atoms with Crippen molar-refractivity contribution in [3.05, 3.63) is 29.6 Å². The molecule has 1 aromatic rings. The lowest BCUT2D eigenvalue weighted by Gasteiger charge is -2.15. The second kappa shape index (κ2) is 6.97. The number of carbonyl (C=O) groups is 1. The number of hydrogen-bond donors (Lipinski definition) is 2. The summed E-state index contributed by atoms with van der Waals surface area (Å²) in [5, 5.41) is 5.50. The lowest BCUT2D eigenvalue weighted by Crippen LogP contribution is -2.40. The predicted molar refractivity (Wildman–Crippen MR) is 75.9 cm³/mol. The van der Waals surface area contributed by atoms with Gasteiger partial charge in [-0.1, -0.05) is 13.0 Å². The van der Waals surface area contributed by atoms with E-state index in [1.165, 1.54) is 6.07 Å². The van der Waals surface area contributed by atoms with E-state index < -0.39 is 0 Å². The molecule has 0 bridgehead atoms. The highest BCUT2D eigenvalue weighted by Crippen LogP contribution is 2.18. The molecule has 0 heterocycles. The molecule has 2 amide bonds. The Bertz CT molecular complexity index is 435. The highest BCUT2D eigenvalue weighted by atomic mass is 19.1. The van der Waals surface area contributed by atoms with Gasteiger partial charge in [0, 0.05) is 26.7 Å². The smallest absolute Gasteiger partial charge is 0.315 e. The fraction of sp³-hybridized carbons (Fsp3) is 0.500. The molecule has 0 spiro atoms. The molecule has 19 heavy (non-hydrogen) atoms. The average Bonchev–Trinajstić information content (AvgIpc) is 2.35. The molecule has 1 unspecified atom stereocenters. The molecular weight excluding hydrogens is 245 g/mol. The van der Waals surface area contributed by atoms with Gasteiger partial charge in [0.1, 0.15) is 5.82 Å².